The molecule has 0 aliphatic rings. The Morgan fingerprint density at radius 3 is 3.13 bits per heavy atom. The lowest BCUT2D eigenvalue weighted by Crippen LogP contribution is -2.10. The zero-order valence-corrected chi connectivity index (χ0v) is 7.58. The fourth-order valence-electron chi connectivity index (χ4n) is 1.35. The van der Waals surface area contributed by atoms with E-state index in [1.165, 1.54) is 6.20 Å². The van der Waals surface area contributed by atoms with Crippen LogP contribution < -0.4 is 0 Å². The van der Waals surface area contributed by atoms with Crippen LogP contribution in [0.1, 0.15) is 5.69 Å². The van der Waals surface area contributed by atoms with E-state index < -0.39 is 6.09 Å². The third kappa shape index (κ3) is 1.40. The van der Waals surface area contributed by atoms with Crippen LogP contribution in [0.3, 0.4) is 0 Å². The van der Waals surface area contributed by atoms with Gasteiger partial charge in [-0.2, -0.15) is 10.4 Å². The third-order valence-corrected chi connectivity index (χ3v) is 1.95. The number of fused-ring (bicyclic) bond motifs is 1. The maximum atomic E-state index is 10.8. The minimum atomic E-state index is -1.21. The van der Waals surface area contributed by atoms with E-state index >= 15 is 0 Å². The van der Waals surface area contributed by atoms with Gasteiger partial charge in [-0.15, -0.1) is 4.68 Å². The highest BCUT2D eigenvalue weighted by Gasteiger charge is 2.14. The van der Waals surface area contributed by atoms with Gasteiger partial charge in [-0.05, 0) is 12.1 Å². The van der Waals surface area contributed by atoms with E-state index in [9.17, 15) is 4.79 Å². The number of rotatable bonds is 1. The van der Waals surface area contributed by atoms with Crippen molar-refractivity contribution in [3.63, 3.8) is 0 Å². The zero-order valence-electron chi connectivity index (χ0n) is 7.58. The molecule has 0 fully saturated rings. The lowest BCUT2D eigenvalue weighted by atomic mass is 10.2. The van der Waals surface area contributed by atoms with Gasteiger partial charge in [0.05, 0.1) is 18.2 Å². The molecule has 2 heterocycles. The molecule has 2 aromatic heterocycles. The van der Waals surface area contributed by atoms with Crippen molar-refractivity contribution in [2.24, 2.45) is 0 Å². The van der Waals surface area contributed by atoms with Crippen LogP contribution in [0.25, 0.3) is 11.0 Å². The Hall–Kier alpha value is -2.42. The van der Waals surface area contributed by atoms with E-state index in [2.05, 4.69) is 10.1 Å². The van der Waals surface area contributed by atoms with Crippen LogP contribution >= 0.6 is 0 Å². The van der Waals surface area contributed by atoms with Gasteiger partial charge in [0.1, 0.15) is 0 Å². The molecule has 0 atom stereocenters. The van der Waals surface area contributed by atoms with Gasteiger partial charge >= 0.3 is 6.09 Å². The molecule has 74 valence electrons. The van der Waals surface area contributed by atoms with Gasteiger partial charge < -0.3 is 5.11 Å². The molecule has 0 amide bonds. The Labute approximate surface area is 84.4 Å². The predicted molar refractivity (Wildman–Crippen MR) is 50.3 cm³/mol. The molecule has 0 aliphatic carbocycles. The number of hydrogen-bond acceptors (Lipinski definition) is 4. The molecular weight excluding hydrogens is 196 g/mol. The van der Waals surface area contributed by atoms with Crippen molar-refractivity contribution >= 4 is 17.1 Å². The maximum absolute atomic E-state index is 10.8. The Morgan fingerprint density at radius 2 is 2.47 bits per heavy atom. The van der Waals surface area contributed by atoms with Gasteiger partial charge in [-0.1, -0.05) is 0 Å². The van der Waals surface area contributed by atoms with Crippen molar-refractivity contribution in [2.45, 2.75) is 6.42 Å². The van der Waals surface area contributed by atoms with E-state index in [0.717, 1.165) is 4.68 Å². The van der Waals surface area contributed by atoms with Crippen molar-refractivity contribution in [1.82, 2.24) is 14.8 Å². The molecule has 0 radical (unpaired) electrons. The molecule has 0 unspecified atom stereocenters. The summed E-state index contributed by atoms with van der Waals surface area (Å²) in [6.45, 7) is 0. The molecule has 0 bridgehead atoms. The van der Waals surface area contributed by atoms with Gasteiger partial charge in [-0.3, -0.25) is 0 Å². The molecule has 0 saturated heterocycles. The van der Waals surface area contributed by atoms with Crippen LogP contribution in [0.2, 0.25) is 0 Å². The maximum Gasteiger partial charge on any atom is 0.434 e. The van der Waals surface area contributed by atoms with E-state index in [1.54, 1.807) is 12.1 Å². The number of nitrogens with zero attached hydrogens (tertiary/aromatic N) is 4. The van der Waals surface area contributed by atoms with Gasteiger partial charge in [0.15, 0.2) is 5.65 Å². The Balaban J connectivity index is 2.74. The summed E-state index contributed by atoms with van der Waals surface area (Å²) in [5.41, 5.74) is 0.693. The minimum absolute atomic E-state index is 0.0719. The highest BCUT2D eigenvalue weighted by atomic mass is 16.4. The number of carbonyl (C=O) groups is 1. The average molecular weight is 202 g/mol. The van der Waals surface area contributed by atoms with Gasteiger partial charge in [-0.25, -0.2) is 9.78 Å². The highest BCUT2D eigenvalue weighted by Crippen LogP contribution is 2.15. The summed E-state index contributed by atoms with van der Waals surface area (Å²) in [7, 11) is 0. The molecule has 6 nitrogen and oxygen atoms in total. The van der Waals surface area contributed by atoms with Crippen molar-refractivity contribution in [1.29, 1.82) is 5.26 Å². The third-order valence-electron chi connectivity index (χ3n) is 1.95. The summed E-state index contributed by atoms with van der Waals surface area (Å²) in [5.74, 6) is 0. The van der Waals surface area contributed by atoms with Crippen molar-refractivity contribution in [3.05, 3.63) is 24.0 Å². The summed E-state index contributed by atoms with van der Waals surface area (Å²) in [6.07, 6.45) is 0.352. The van der Waals surface area contributed by atoms with Gasteiger partial charge in [0.25, 0.3) is 0 Å². The van der Waals surface area contributed by atoms with Crippen LogP contribution in [-0.2, 0) is 6.42 Å². The van der Waals surface area contributed by atoms with Crippen molar-refractivity contribution in [3.8, 4) is 6.07 Å². The first-order valence-corrected chi connectivity index (χ1v) is 4.17. The number of hydrogen-bond donors (Lipinski definition) is 1. The van der Waals surface area contributed by atoms with Crippen molar-refractivity contribution in [2.75, 3.05) is 0 Å². The first-order chi connectivity index (χ1) is 7.24. The molecule has 1 N–H and O–H groups in total. The number of aromatic nitrogens is 3. The second kappa shape index (κ2) is 3.38. The molecule has 0 aliphatic heterocycles. The Morgan fingerprint density at radius 1 is 1.67 bits per heavy atom. The van der Waals surface area contributed by atoms with Crippen LogP contribution in [0.15, 0.2) is 18.3 Å². The van der Waals surface area contributed by atoms with Crippen molar-refractivity contribution < 1.29 is 9.90 Å². The highest BCUT2D eigenvalue weighted by molar-refractivity contribution is 5.86. The molecule has 2 aromatic rings. The SMILES string of the molecule is N#CCc1nn(C(=O)O)c2ncccc12. The van der Waals surface area contributed by atoms with E-state index in [0.29, 0.717) is 11.1 Å². The quantitative estimate of drug-likeness (QED) is 0.745. The molecule has 6 heteroatoms. The number of carboxylic acid groups (broad SMARTS) is 1. The normalized spacial score (nSPS) is 10.1. The second-order valence-corrected chi connectivity index (χ2v) is 2.85. The first kappa shape index (κ1) is 9.15. The largest absolute Gasteiger partial charge is 0.463 e. The Kier molecular flexibility index (Phi) is 2.06. The summed E-state index contributed by atoms with van der Waals surface area (Å²) in [5, 5.41) is 21.8. The average Bonchev–Trinajstić information content (AvgIpc) is 2.59. The molecule has 0 aromatic carbocycles. The second-order valence-electron chi connectivity index (χ2n) is 2.85. The van der Waals surface area contributed by atoms with Gasteiger partial charge in [0.2, 0.25) is 0 Å². The minimum Gasteiger partial charge on any atom is -0.463 e. The van der Waals surface area contributed by atoms with Crippen LogP contribution in [-0.4, -0.2) is 26.0 Å². The fraction of sp³-hybridized carbons (Fsp3) is 0.111. The van der Waals surface area contributed by atoms with E-state index in [-0.39, 0.29) is 12.1 Å². The molecule has 0 saturated carbocycles. The topological polar surface area (TPSA) is 91.8 Å². The molecule has 15 heavy (non-hydrogen) atoms. The van der Waals surface area contributed by atoms with E-state index in [1.807, 2.05) is 6.07 Å². The number of nitriles is 1. The Bertz CT molecular complexity index is 567. The first-order valence-electron chi connectivity index (χ1n) is 4.17. The summed E-state index contributed by atoms with van der Waals surface area (Å²) >= 11 is 0. The van der Waals surface area contributed by atoms with Crippen LogP contribution in [0, 0.1) is 11.3 Å². The molecule has 2 rings (SSSR count). The lowest BCUT2D eigenvalue weighted by molar-refractivity contribution is 0.193. The van der Waals surface area contributed by atoms with Crippen LogP contribution in [0.5, 0.6) is 0 Å². The molecule has 0 spiro atoms. The fourth-order valence-corrected chi connectivity index (χ4v) is 1.35. The summed E-state index contributed by atoms with van der Waals surface area (Å²) in [6, 6.07) is 5.31. The smallest absolute Gasteiger partial charge is 0.434 e. The summed E-state index contributed by atoms with van der Waals surface area (Å²) in [4.78, 5) is 14.7. The monoisotopic (exact) mass is 202 g/mol. The van der Waals surface area contributed by atoms with Crippen LogP contribution in [0.4, 0.5) is 4.79 Å². The predicted octanol–water partition coefficient (Wildman–Crippen LogP) is 1.02. The lowest BCUT2D eigenvalue weighted by Gasteiger charge is -1.91. The van der Waals surface area contributed by atoms with E-state index in [4.69, 9.17) is 10.4 Å². The summed E-state index contributed by atoms with van der Waals surface area (Å²) < 4.78 is 0.780. The van der Waals surface area contributed by atoms with Gasteiger partial charge in [0, 0.05) is 11.6 Å². The standard InChI is InChI=1S/C9H6N4O2/c10-4-3-7-6-2-1-5-11-8(6)13(12-7)9(14)15/h1-2,5H,3H2,(H,14,15). The zero-order chi connectivity index (χ0) is 10.8. The number of pyridine rings is 1. The molecular formula is C9H6N4O2.